The predicted molar refractivity (Wildman–Crippen MR) is 48.3 cm³/mol. The van der Waals surface area contributed by atoms with Gasteiger partial charge in [-0.1, -0.05) is 12.2 Å². The fourth-order valence-electron chi connectivity index (χ4n) is 1.03. The molecule has 0 aliphatic rings. The van der Waals surface area contributed by atoms with Crippen LogP contribution < -0.4 is 5.32 Å². The number of hydrogen-bond acceptors (Lipinski definition) is 3. The Balaban J connectivity index is 0.00000144. The maximum absolute atomic E-state index is 4.24. The third kappa shape index (κ3) is 4.70. The van der Waals surface area contributed by atoms with Crippen LogP contribution in [0.2, 0.25) is 0 Å². The zero-order valence-electron chi connectivity index (χ0n) is 8.04. The summed E-state index contributed by atoms with van der Waals surface area (Å²) in [6.45, 7) is 4.58. The van der Waals surface area contributed by atoms with Crippen LogP contribution in [0.25, 0.3) is 0 Å². The number of hydrogen-bond donors (Lipinski definition) is 1. The number of rotatable bonds is 3. The molecule has 1 N–H and O–H groups in total. The normalized spacial score (nSPS) is 9.15. The zero-order valence-corrected chi connectivity index (χ0v) is 10.9. The Morgan fingerprint density at radius 3 is 2.69 bits per heavy atom. The van der Waals surface area contributed by atoms with E-state index in [4.69, 9.17) is 0 Å². The van der Waals surface area contributed by atoms with Gasteiger partial charge in [-0.15, -0.1) is 0 Å². The average Bonchev–Trinajstić information content (AvgIpc) is 1.99. The SMILES string of the molecule is [CH2-]NC[CH-]c1cc(C)nc(C)n1.[Y]. The van der Waals surface area contributed by atoms with Crippen LogP contribution >= 0.6 is 0 Å². The quantitative estimate of drug-likeness (QED) is 0.816. The molecule has 0 spiro atoms. The summed E-state index contributed by atoms with van der Waals surface area (Å²) in [5, 5.41) is 2.79. The molecule has 0 aliphatic carbocycles. The number of nitrogens with one attached hydrogen (secondary N) is 1. The van der Waals surface area contributed by atoms with E-state index in [9.17, 15) is 0 Å². The van der Waals surface area contributed by atoms with E-state index in [1.807, 2.05) is 26.3 Å². The van der Waals surface area contributed by atoms with E-state index in [-0.39, 0.29) is 32.7 Å². The first-order valence-corrected chi connectivity index (χ1v) is 3.88. The molecule has 0 saturated carbocycles. The molecule has 0 fully saturated rings. The van der Waals surface area contributed by atoms with Gasteiger partial charge in [0.1, 0.15) is 5.82 Å². The van der Waals surface area contributed by atoms with Gasteiger partial charge in [0.2, 0.25) is 0 Å². The van der Waals surface area contributed by atoms with E-state index in [2.05, 4.69) is 22.3 Å². The molecular formula is C9H13N3Y-2. The molecule has 1 aromatic rings. The van der Waals surface area contributed by atoms with E-state index in [0.29, 0.717) is 0 Å². The van der Waals surface area contributed by atoms with Gasteiger partial charge >= 0.3 is 0 Å². The molecule has 0 saturated heterocycles. The van der Waals surface area contributed by atoms with Crippen molar-refractivity contribution in [3.8, 4) is 0 Å². The van der Waals surface area contributed by atoms with Crippen molar-refractivity contribution in [3.05, 3.63) is 36.7 Å². The van der Waals surface area contributed by atoms with Crippen molar-refractivity contribution >= 4 is 0 Å². The Kier molecular flexibility index (Phi) is 6.47. The van der Waals surface area contributed by atoms with E-state index in [1.54, 1.807) is 0 Å². The topological polar surface area (TPSA) is 37.8 Å². The monoisotopic (exact) mass is 252 g/mol. The first-order valence-electron chi connectivity index (χ1n) is 3.88. The zero-order chi connectivity index (χ0) is 8.97. The van der Waals surface area contributed by atoms with E-state index in [0.717, 1.165) is 23.8 Å². The second-order valence-electron chi connectivity index (χ2n) is 2.64. The van der Waals surface area contributed by atoms with Crippen LogP contribution in [-0.4, -0.2) is 16.5 Å². The number of nitrogens with zero attached hydrogens (tertiary/aromatic N) is 2. The van der Waals surface area contributed by atoms with Gasteiger partial charge in [-0.3, -0.25) is 17.0 Å². The van der Waals surface area contributed by atoms with Crippen LogP contribution in [0.3, 0.4) is 0 Å². The molecule has 1 aromatic heterocycles. The van der Waals surface area contributed by atoms with Crippen molar-refractivity contribution in [1.82, 2.24) is 15.3 Å². The van der Waals surface area contributed by atoms with Crippen LogP contribution in [0.5, 0.6) is 0 Å². The second-order valence-corrected chi connectivity index (χ2v) is 2.64. The molecule has 0 atom stereocenters. The molecule has 3 nitrogen and oxygen atoms in total. The van der Waals surface area contributed by atoms with Gasteiger partial charge in [0.25, 0.3) is 0 Å². The molecule has 0 aliphatic heterocycles. The van der Waals surface area contributed by atoms with Gasteiger partial charge in [0, 0.05) is 32.7 Å². The fraction of sp³-hybridized carbons (Fsp3) is 0.333. The first-order chi connectivity index (χ1) is 5.72. The van der Waals surface area contributed by atoms with E-state index >= 15 is 0 Å². The van der Waals surface area contributed by atoms with Crippen molar-refractivity contribution in [2.45, 2.75) is 13.8 Å². The Bertz CT molecular complexity index is 243. The minimum absolute atomic E-state index is 0. The van der Waals surface area contributed by atoms with Crippen LogP contribution in [0, 0.1) is 27.3 Å². The molecule has 1 heterocycles. The van der Waals surface area contributed by atoms with Crippen LogP contribution in [0.1, 0.15) is 17.2 Å². The third-order valence-electron chi connectivity index (χ3n) is 1.44. The summed E-state index contributed by atoms with van der Waals surface area (Å²) in [4.78, 5) is 8.41. The number of aryl methyl sites for hydroxylation is 2. The molecule has 0 unspecified atom stereocenters. The minimum Gasteiger partial charge on any atom is -0.484 e. The van der Waals surface area contributed by atoms with Crippen LogP contribution in [0.4, 0.5) is 0 Å². The van der Waals surface area contributed by atoms with Crippen molar-refractivity contribution in [2.75, 3.05) is 6.54 Å². The molecule has 0 bridgehead atoms. The van der Waals surface area contributed by atoms with Crippen molar-refractivity contribution in [1.29, 1.82) is 0 Å². The molecule has 1 rings (SSSR count). The van der Waals surface area contributed by atoms with E-state index < -0.39 is 0 Å². The maximum atomic E-state index is 4.24. The van der Waals surface area contributed by atoms with Gasteiger partial charge in [0.15, 0.2) is 0 Å². The standard InChI is InChI=1S/C9H13N3.Y/c1-7-6-9(4-5-10-3)12-8(2)11-7;/h4,6,10H,3,5H2,1-2H3;/q-2;. The van der Waals surface area contributed by atoms with E-state index in [1.165, 1.54) is 0 Å². The molecule has 0 amide bonds. The van der Waals surface area contributed by atoms with Crippen LogP contribution in [-0.2, 0) is 32.7 Å². The summed E-state index contributed by atoms with van der Waals surface area (Å²) in [6.07, 6.45) is 1.98. The summed E-state index contributed by atoms with van der Waals surface area (Å²) in [5.41, 5.74) is 1.95. The second kappa shape index (κ2) is 6.47. The molecule has 1 radical (unpaired) electrons. The summed E-state index contributed by atoms with van der Waals surface area (Å²) >= 11 is 0. The Morgan fingerprint density at radius 1 is 1.46 bits per heavy atom. The molecule has 69 valence electrons. The number of aromatic nitrogens is 2. The Labute approximate surface area is 105 Å². The third-order valence-corrected chi connectivity index (χ3v) is 1.44. The fourth-order valence-corrected chi connectivity index (χ4v) is 1.03. The molecular weight excluding hydrogens is 239 g/mol. The smallest absolute Gasteiger partial charge is 0.120 e. The van der Waals surface area contributed by atoms with Crippen LogP contribution in [0.15, 0.2) is 6.07 Å². The molecule has 0 aromatic carbocycles. The van der Waals surface area contributed by atoms with Gasteiger partial charge in [-0.05, 0) is 19.5 Å². The summed E-state index contributed by atoms with van der Waals surface area (Å²) in [6, 6.07) is 1.95. The van der Waals surface area contributed by atoms with Gasteiger partial charge in [-0.2, -0.15) is 12.5 Å². The predicted octanol–water partition coefficient (Wildman–Crippen LogP) is 1.02. The maximum Gasteiger partial charge on any atom is 0.120 e. The molecule has 13 heavy (non-hydrogen) atoms. The largest absolute Gasteiger partial charge is 0.484 e. The minimum atomic E-state index is 0. The van der Waals surface area contributed by atoms with Crippen molar-refractivity contribution in [2.24, 2.45) is 0 Å². The summed E-state index contributed by atoms with van der Waals surface area (Å²) < 4.78 is 0. The van der Waals surface area contributed by atoms with Gasteiger partial charge in [0.05, 0.1) is 0 Å². The Morgan fingerprint density at radius 2 is 2.15 bits per heavy atom. The van der Waals surface area contributed by atoms with Crippen molar-refractivity contribution < 1.29 is 32.7 Å². The van der Waals surface area contributed by atoms with Gasteiger partial charge < -0.3 is 5.32 Å². The summed E-state index contributed by atoms with van der Waals surface area (Å²) in [7, 11) is 3.52. The first kappa shape index (κ1) is 13.0. The average molecular weight is 252 g/mol. The molecule has 4 heteroatoms. The van der Waals surface area contributed by atoms with Crippen molar-refractivity contribution in [3.63, 3.8) is 0 Å². The Hall–Kier alpha value is 0.0139. The van der Waals surface area contributed by atoms with Gasteiger partial charge in [-0.25, -0.2) is 0 Å². The summed E-state index contributed by atoms with van der Waals surface area (Å²) in [5.74, 6) is 0.810.